The van der Waals surface area contributed by atoms with E-state index in [1.54, 1.807) is 37.5 Å². The molecule has 0 spiro atoms. The fraction of sp³-hybridized carbons (Fsp3) is 0.156. The fourth-order valence-corrected chi connectivity index (χ4v) is 5.29. The van der Waals surface area contributed by atoms with Crippen molar-refractivity contribution < 1.29 is 17.6 Å². The molecule has 3 heterocycles. The van der Waals surface area contributed by atoms with Gasteiger partial charge in [-0.3, -0.25) is 14.9 Å². The van der Waals surface area contributed by atoms with E-state index in [9.17, 15) is 17.6 Å². The normalized spacial score (nSPS) is 12.0. The Morgan fingerprint density at radius 3 is 2.65 bits per heavy atom. The summed E-state index contributed by atoms with van der Waals surface area (Å²) in [4.78, 5) is 19.6. The van der Waals surface area contributed by atoms with Gasteiger partial charge in [-0.2, -0.15) is 5.10 Å². The third-order valence-corrected chi connectivity index (χ3v) is 7.56. The number of sulfonamides is 1. The van der Waals surface area contributed by atoms with Crippen molar-refractivity contribution in [2.75, 3.05) is 11.6 Å². The minimum absolute atomic E-state index is 0.0344. The lowest BCUT2D eigenvalue weighted by molar-refractivity contribution is -0.115. The summed E-state index contributed by atoms with van der Waals surface area (Å²) in [6.45, 7) is 7.52. The van der Waals surface area contributed by atoms with Crippen molar-refractivity contribution in [1.29, 1.82) is 0 Å². The summed E-state index contributed by atoms with van der Waals surface area (Å²) in [5.74, 6) is -0.570. The number of H-pyrrole nitrogens is 2. The van der Waals surface area contributed by atoms with Crippen LogP contribution in [0.15, 0.2) is 79.7 Å². The zero-order valence-corrected chi connectivity index (χ0v) is 24.8. The lowest BCUT2D eigenvalue weighted by Crippen LogP contribution is -2.21. The Morgan fingerprint density at radius 1 is 1.09 bits per heavy atom. The lowest BCUT2D eigenvalue weighted by Gasteiger charge is -2.11. The maximum atomic E-state index is 14.7. The van der Waals surface area contributed by atoms with Crippen LogP contribution in [0.2, 0.25) is 0 Å². The molecule has 43 heavy (non-hydrogen) atoms. The molecule has 9 nitrogen and oxygen atoms in total. The summed E-state index contributed by atoms with van der Waals surface area (Å²) in [5, 5.41) is 11.4. The molecule has 0 aliphatic carbocycles. The number of halogens is 1. The first-order valence-corrected chi connectivity index (χ1v) is 15.4. The maximum Gasteiger partial charge on any atom is 0.224 e. The van der Waals surface area contributed by atoms with Gasteiger partial charge < -0.3 is 10.3 Å². The fourth-order valence-electron chi connectivity index (χ4n) is 4.86. The number of carbonyl (C=O) groups is 1. The molecule has 2 aromatic carbocycles. The molecular weight excluding hydrogens is 567 g/mol. The number of anilines is 1. The van der Waals surface area contributed by atoms with E-state index in [1.807, 2.05) is 37.3 Å². The molecule has 4 N–H and O–H groups in total. The smallest absolute Gasteiger partial charge is 0.224 e. The van der Waals surface area contributed by atoms with E-state index < -0.39 is 15.8 Å². The number of pyridine rings is 1. The Bertz CT molecular complexity index is 1990. The van der Waals surface area contributed by atoms with Gasteiger partial charge in [0, 0.05) is 41.4 Å². The Kier molecular flexibility index (Phi) is 8.38. The average Bonchev–Trinajstić information content (AvgIpc) is 3.57. The molecule has 0 unspecified atom stereocenters. The van der Waals surface area contributed by atoms with Crippen LogP contribution in [0.25, 0.3) is 39.0 Å². The van der Waals surface area contributed by atoms with Crippen molar-refractivity contribution in [2.45, 2.75) is 26.8 Å². The number of nitrogens with one attached hydrogen (secondary N) is 4. The number of aromatic amines is 2. The standard InChI is InChI=1S/C32H31FN6O3S/c1-5-7-26(22-10-20(11-24(33)12-22)16-35-43(4,41)42)27-15-30(36-19(27)3)32-28-14-21(8-9-29(28)38-39-32)23-13-25(18-34-17-23)37-31(40)6-2/h5,7-15,17-18,35-36H,1,6,16H2,2-4H3,(H,37,40)(H,38,39)/b26-7-. The van der Waals surface area contributed by atoms with Gasteiger partial charge in [0.15, 0.2) is 0 Å². The quantitative estimate of drug-likeness (QED) is 0.145. The molecule has 0 bridgehead atoms. The van der Waals surface area contributed by atoms with Gasteiger partial charge in [-0.25, -0.2) is 17.5 Å². The van der Waals surface area contributed by atoms with E-state index >= 15 is 0 Å². The Balaban J connectivity index is 1.52. The van der Waals surface area contributed by atoms with E-state index in [1.165, 1.54) is 12.1 Å². The summed E-state index contributed by atoms with van der Waals surface area (Å²) < 4.78 is 40.3. The summed E-state index contributed by atoms with van der Waals surface area (Å²) >= 11 is 0. The van der Waals surface area contributed by atoms with E-state index in [2.05, 4.69) is 36.8 Å². The summed E-state index contributed by atoms with van der Waals surface area (Å²) in [5.41, 5.74) is 8.09. The molecule has 0 fully saturated rings. The zero-order valence-electron chi connectivity index (χ0n) is 24.0. The number of benzene rings is 2. The molecule has 11 heteroatoms. The molecule has 0 aliphatic heterocycles. The number of fused-ring (bicyclic) bond motifs is 1. The highest BCUT2D eigenvalue weighted by Crippen LogP contribution is 2.35. The number of aromatic nitrogens is 4. The number of carbonyl (C=O) groups excluding carboxylic acids is 1. The highest BCUT2D eigenvalue weighted by atomic mass is 32.2. The van der Waals surface area contributed by atoms with Crippen LogP contribution in [0.1, 0.15) is 35.7 Å². The third kappa shape index (κ3) is 6.79. The van der Waals surface area contributed by atoms with Gasteiger partial charge in [-0.15, -0.1) is 0 Å². The Morgan fingerprint density at radius 2 is 1.91 bits per heavy atom. The molecule has 0 radical (unpaired) electrons. The molecule has 5 aromatic rings. The number of allylic oxidation sites excluding steroid dienone is 2. The number of hydrogen-bond acceptors (Lipinski definition) is 5. The first-order valence-electron chi connectivity index (χ1n) is 13.6. The number of hydrogen-bond donors (Lipinski definition) is 4. The van der Waals surface area contributed by atoms with Gasteiger partial charge in [0.05, 0.1) is 29.4 Å². The van der Waals surface area contributed by atoms with Gasteiger partial charge in [-0.1, -0.05) is 31.7 Å². The number of amides is 1. The second kappa shape index (κ2) is 12.2. The van der Waals surface area contributed by atoms with E-state index in [0.29, 0.717) is 34.5 Å². The van der Waals surface area contributed by atoms with Crippen molar-refractivity contribution in [3.8, 4) is 22.5 Å². The molecule has 0 aliphatic rings. The zero-order chi connectivity index (χ0) is 30.7. The van der Waals surface area contributed by atoms with Crippen molar-refractivity contribution in [3.05, 3.63) is 108 Å². The minimum Gasteiger partial charge on any atom is -0.357 e. The Labute approximate surface area is 249 Å². The van der Waals surface area contributed by atoms with Gasteiger partial charge >= 0.3 is 0 Å². The van der Waals surface area contributed by atoms with E-state index in [4.69, 9.17) is 0 Å². The third-order valence-electron chi connectivity index (χ3n) is 6.89. The second-order valence-electron chi connectivity index (χ2n) is 10.2. The number of aryl methyl sites for hydroxylation is 1. The first kappa shape index (κ1) is 29.6. The van der Waals surface area contributed by atoms with Gasteiger partial charge in [0.25, 0.3) is 0 Å². The molecule has 3 aromatic heterocycles. The van der Waals surface area contributed by atoms with Crippen LogP contribution in [-0.2, 0) is 21.4 Å². The topological polar surface area (TPSA) is 133 Å². The van der Waals surface area contributed by atoms with Crippen LogP contribution in [0.4, 0.5) is 10.1 Å². The van der Waals surface area contributed by atoms with Crippen LogP contribution >= 0.6 is 0 Å². The maximum absolute atomic E-state index is 14.7. The Hall–Kier alpha value is -4.87. The first-order chi connectivity index (χ1) is 20.5. The monoisotopic (exact) mass is 598 g/mol. The molecule has 220 valence electrons. The van der Waals surface area contributed by atoms with Crippen molar-refractivity contribution in [1.82, 2.24) is 24.9 Å². The second-order valence-corrected chi connectivity index (χ2v) is 12.0. The lowest BCUT2D eigenvalue weighted by atomic mass is 9.95. The molecule has 1 amide bonds. The number of rotatable bonds is 10. The highest BCUT2D eigenvalue weighted by Gasteiger charge is 2.18. The summed E-state index contributed by atoms with van der Waals surface area (Å²) in [7, 11) is -3.44. The minimum atomic E-state index is -3.44. The average molecular weight is 599 g/mol. The molecule has 0 saturated carbocycles. The predicted molar refractivity (Wildman–Crippen MR) is 168 cm³/mol. The largest absolute Gasteiger partial charge is 0.357 e. The van der Waals surface area contributed by atoms with Crippen LogP contribution in [0.5, 0.6) is 0 Å². The summed E-state index contributed by atoms with van der Waals surface area (Å²) in [6, 6.07) is 14.2. The van der Waals surface area contributed by atoms with Gasteiger partial charge in [0.1, 0.15) is 11.5 Å². The number of nitrogens with zero attached hydrogens (tertiary/aromatic N) is 2. The molecule has 0 saturated heterocycles. The molecule has 0 atom stereocenters. The van der Waals surface area contributed by atoms with Crippen molar-refractivity contribution in [3.63, 3.8) is 0 Å². The molecular formula is C32H31FN6O3S. The summed E-state index contributed by atoms with van der Waals surface area (Å²) in [6.07, 6.45) is 8.20. The van der Waals surface area contributed by atoms with Crippen molar-refractivity contribution in [2.24, 2.45) is 0 Å². The van der Waals surface area contributed by atoms with Gasteiger partial charge in [0.2, 0.25) is 15.9 Å². The molecule has 5 rings (SSSR count). The van der Waals surface area contributed by atoms with Crippen LogP contribution < -0.4 is 10.0 Å². The van der Waals surface area contributed by atoms with Gasteiger partial charge in [-0.05, 0) is 71.7 Å². The SMILES string of the molecule is C=C/C=C(/c1cc(F)cc(CNS(C)(=O)=O)c1)c1cc(-c2n[nH]c3ccc(-c4cncc(NC(=O)CC)c4)cc23)[nH]c1C. The van der Waals surface area contributed by atoms with E-state index in [0.717, 1.165) is 45.2 Å². The van der Waals surface area contributed by atoms with Crippen molar-refractivity contribution >= 4 is 38.1 Å². The van der Waals surface area contributed by atoms with E-state index in [-0.39, 0.29) is 12.5 Å². The van der Waals surface area contributed by atoms with Crippen LogP contribution in [0.3, 0.4) is 0 Å². The highest BCUT2D eigenvalue weighted by molar-refractivity contribution is 7.88. The van der Waals surface area contributed by atoms with Crippen LogP contribution in [-0.4, -0.2) is 40.7 Å². The predicted octanol–water partition coefficient (Wildman–Crippen LogP) is 6.08. The van der Waals surface area contributed by atoms with Crippen LogP contribution in [0, 0.1) is 12.7 Å².